The summed E-state index contributed by atoms with van der Waals surface area (Å²) in [5.41, 5.74) is 2.45. The standard InChI is InChI=1S/C22H21F6N4O7P/c23-21(24,25)11-5-10(6-12(7-11)22(26,27)28)14-2-4-36-40(35,39-14)37-8-15-16(33)17(34)20(38-15)32-3-1-13-18(29)30-9-31-19(13)32/h1,3,5-7,9,14-17,20,33-34H,2,4,8H2,(H2,29,30,31)/t14-,15+,16+,17+,20+,40?/m0/s1. The normalized spacial score (nSPS) is 29.8. The number of hydrogen-bond donors (Lipinski definition) is 3. The number of nitrogen functional groups attached to an aromatic ring is 1. The van der Waals surface area contributed by atoms with E-state index in [4.69, 9.17) is 24.0 Å². The minimum absolute atomic E-state index is 0.0339. The number of rotatable bonds is 5. The van der Waals surface area contributed by atoms with Crippen LogP contribution in [0.25, 0.3) is 11.0 Å². The van der Waals surface area contributed by atoms with E-state index in [0.717, 1.165) is 0 Å². The van der Waals surface area contributed by atoms with Crippen molar-refractivity contribution >= 4 is 24.7 Å². The van der Waals surface area contributed by atoms with Crippen molar-refractivity contribution in [3.05, 3.63) is 53.5 Å². The van der Waals surface area contributed by atoms with E-state index in [1.54, 1.807) is 6.07 Å². The van der Waals surface area contributed by atoms with Crippen molar-refractivity contribution < 1.29 is 59.4 Å². The van der Waals surface area contributed by atoms with Crippen LogP contribution in [-0.4, -0.2) is 56.3 Å². The van der Waals surface area contributed by atoms with Crippen molar-refractivity contribution in [3.63, 3.8) is 0 Å². The van der Waals surface area contributed by atoms with Crippen molar-refractivity contribution in [2.75, 3.05) is 18.9 Å². The highest BCUT2D eigenvalue weighted by atomic mass is 31.2. The molecule has 2 saturated heterocycles. The predicted molar refractivity (Wildman–Crippen MR) is 122 cm³/mol. The molecule has 218 valence electrons. The SMILES string of the molecule is Nc1ncnc2c1ccn2[C@@H]1O[C@H](COP2(=O)OCC[C@@H](c3cc(C(F)(F)F)cc(C(F)(F)F)c3)O2)[C@@H](O)[C@H]1O. The molecule has 0 aliphatic carbocycles. The Hall–Kier alpha value is -2.79. The zero-order valence-corrected chi connectivity index (χ0v) is 20.9. The summed E-state index contributed by atoms with van der Waals surface area (Å²) >= 11 is 0. The minimum Gasteiger partial charge on any atom is -0.387 e. The van der Waals surface area contributed by atoms with Gasteiger partial charge in [0.2, 0.25) is 0 Å². The number of phosphoric ester groups is 1. The second-order valence-corrected chi connectivity index (χ2v) is 10.7. The number of aromatic nitrogens is 3. The average molecular weight is 598 g/mol. The van der Waals surface area contributed by atoms with Gasteiger partial charge in [-0.05, 0) is 29.8 Å². The first-order chi connectivity index (χ1) is 18.7. The van der Waals surface area contributed by atoms with E-state index in [0.29, 0.717) is 23.2 Å². The lowest BCUT2D eigenvalue weighted by molar-refractivity contribution is -0.143. The molecule has 2 aliphatic heterocycles. The number of hydrogen-bond acceptors (Lipinski definition) is 10. The van der Waals surface area contributed by atoms with Gasteiger partial charge in [-0.3, -0.25) is 13.6 Å². The van der Waals surface area contributed by atoms with Crippen LogP contribution in [0.4, 0.5) is 32.2 Å². The largest absolute Gasteiger partial charge is 0.475 e. The molecule has 3 aromatic rings. The van der Waals surface area contributed by atoms with E-state index in [-0.39, 0.29) is 24.9 Å². The molecular weight excluding hydrogens is 577 g/mol. The van der Waals surface area contributed by atoms with Crippen LogP contribution in [0.1, 0.15) is 35.4 Å². The molecule has 0 radical (unpaired) electrons. The van der Waals surface area contributed by atoms with Crippen LogP contribution < -0.4 is 5.73 Å². The third kappa shape index (κ3) is 5.54. The van der Waals surface area contributed by atoms with Crippen LogP contribution in [0.2, 0.25) is 0 Å². The second-order valence-electron chi connectivity index (χ2n) is 9.06. The lowest BCUT2D eigenvalue weighted by Crippen LogP contribution is -2.34. The predicted octanol–water partition coefficient (Wildman–Crippen LogP) is 3.97. The van der Waals surface area contributed by atoms with Gasteiger partial charge in [0.1, 0.15) is 36.1 Å². The number of fused-ring (bicyclic) bond motifs is 1. The number of aliphatic hydroxyl groups excluding tert-OH is 2. The number of phosphoric acid groups is 1. The second kappa shape index (κ2) is 10.2. The van der Waals surface area contributed by atoms with Crippen molar-refractivity contribution in [3.8, 4) is 0 Å². The lowest BCUT2D eigenvalue weighted by Gasteiger charge is -2.30. The molecule has 4 heterocycles. The topological polar surface area (TPSA) is 151 Å². The first-order valence-electron chi connectivity index (χ1n) is 11.6. The van der Waals surface area contributed by atoms with Crippen LogP contribution >= 0.6 is 7.82 Å². The number of alkyl halides is 6. The van der Waals surface area contributed by atoms with E-state index in [2.05, 4.69) is 9.97 Å². The number of nitrogens with two attached hydrogens (primary N) is 1. The van der Waals surface area contributed by atoms with Gasteiger partial charge >= 0.3 is 20.2 Å². The minimum atomic E-state index is -5.09. The molecule has 11 nitrogen and oxygen atoms in total. The Bertz CT molecular complexity index is 1420. The van der Waals surface area contributed by atoms with Gasteiger partial charge in [0.15, 0.2) is 6.23 Å². The number of aliphatic hydroxyl groups is 2. The number of halogens is 6. The zero-order chi connectivity index (χ0) is 29.0. The van der Waals surface area contributed by atoms with Crippen molar-refractivity contribution in [2.24, 2.45) is 0 Å². The molecule has 6 atom stereocenters. The quantitative estimate of drug-likeness (QED) is 0.291. The Kier molecular flexibility index (Phi) is 7.35. The summed E-state index contributed by atoms with van der Waals surface area (Å²) in [5, 5.41) is 21.5. The lowest BCUT2D eigenvalue weighted by atomic mass is 9.99. The first kappa shape index (κ1) is 28.7. The monoisotopic (exact) mass is 598 g/mol. The van der Waals surface area contributed by atoms with Gasteiger partial charge in [-0.25, -0.2) is 14.5 Å². The van der Waals surface area contributed by atoms with E-state index >= 15 is 0 Å². The summed E-state index contributed by atoms with van der Waals surface area (Å²) in [4.78, 5) is 7.94. The fourth-order valence-electron chi connectivity index (χ4n) is 4.43. The van der Waals surface area contributed by atoms with E-state index in [1.165, 1.54) is 17.1 Å². The Morgan fingerprint density at radius 3 is 2.40 bits per heavy atom. The number of ether oxygens (including phenoxy) is 1. The molecule has 1 unspecified atom stereocenters. The van der Waals surface area contributed by atoms with Gasteiger partial charge in [-0.1, -0.05) is 0 Å². The van der Waals surface area contributed by atoms with Gasteiger partial charge in [-0.15, -0.1) is 0 Å². The maximum atomic E-state index is 13.3. The summed E-state index contributed by atoms with van der Waals surface area (Å²) in [5.74, 6) is 0.166. The summed E-state index contributed by atoms with van der Waals surface area (Å²) in [6.07, 6.45) is -14.7. The highest BCUT2D eigenvalue weighted by molar-refractivity contribution is 7.48. The Labute approximate surface area is 221 Å². The van der Waals surface area contributed by atoms with E-state index in [9.17, 15) is 41.1 Å². The summed E-state index contributed by atoms with van der Waals surface area (Å²) in [7, 11) is -4.55. The van der Waals surface area contributed by atoms with E-state index in [1.807, 2.05) is 0 Å². The molecule has 2 aliphatic rings. The average Bonchev–Trinajstić information content (AvgIpc) is 3.43. The molecule has 4 N–H and O–H groups in total. The number of nitrogens with zero attached hydrogens (tertiary/aromatic N) is 3. The third-order valence-corrected chi connectivity index (χ3v) is 7.89. The van der Waals surface area contributed by atoms with E-state index < -0.39 is 74.1 Å². The highest BCUT2D eigenvalue weighted by Gasteiger charge is 2.47. The molecular formula is C22H21F6N4O7P. The van der Waals surface area contributed by atoms with Crippen LogP contribution in [0, 0.1) is 0 Å². The van der Waals surface area contributed by atoms with Gasteiger partial charge < -0.3 is 25.3 Å². The van der Waals surface area contributed by atoms with Crippen LogP contribution in [-0.2, 0) is 35.2 Å². The fraction of sp³-hybridized carbons (Fsp3) is 0.455. The molecule has 40 heavy (non-hydrogen) atoms. The highest BCUT2D eigenvalue weighted by Crippen LogP contribution is 2.57. The zero-order valence-electron chi connectivity index (χ0n) is 20.0. The summed E-state index contributed by atoms with van der Waals surface area (Å²) < 4.78 is 115. The molecule has 18 heteroatoms. The molecule has 2 aromatic heterocycles. The molecule has 2 fully saturated rings. The molecule has 0 saturated carbocycles. The Morgan fingerprint density at radius 1 is 1.07 bits per heavy atom. The summed E-state index contributed by atoms with van der Waals surface area (Å²) in [6.45, 7) is -1.05. The van der Waals surface area contributed by atoms with Crippen molar-refractivity contribution in [1.29, 1.82) is 0 Å². The molecule has 0 bridgehead atoms. The van der Waals surface area contributed by atoms with Gasteiger partial charge in [0, 0.05) is 12.6 Å². The fourth-order valence-corrected chi connectivity index (χ4v) is 5.82. The number of anilines is 1. The maximum absolute atomic E-state index is 13.3. The number of benzene rings is 1. The Balaban J connectivity index is 1.31. The molecule has 0 spiro atoms. The summed E-state index contributed by atoms with van der Waals surface area (Å²) in [6, 6.07) is 2.47. The van der Waals surface area contributed by atoms with Crippen LogP contribution in [0.15, 0.2) is 36.8 Å². The van der Waals surface area contributed by atoms with Gasteiger partial charge in [-0.2, -0.15) is 26.3 Å². The smallest absolute Gasteiger partial charge is 0.387 e. The van der Waals surface area contributed by atoms with Gasteiger partial charge in [0.05, 0.1) is 35.8 Å². The molecule has 1 aromatic carbocycles. The van der Waals surface area contributed by atoms with Gasteiger partial charge in [0.25, 0.3) is 0 Å². The molecule has 0 amide bonds. The Morgan fingerprint density at radius 2 is 1.75 bits per heavy atom. The van der Waals surface area contributed by atoms with Crippen molar-refractivity contribution in [2.45, 2.75) is 49.4 Å². The first-order valence-corrected chi connectivity index (χ1v) is 13.1. The van der Waals surface area contributed by atoms with Crippen LogP contribution in [0.3, 0.4) is 0 Å². The maximum Gasteiger partial charge on any atom is 0.475 e. The van der Waals surface area contributed by atoms with Crippen molar-refractivity contribution in [1.82, 2.24) is 14.5 Å². The third-order valence-electron chi connectivity index (χ3n) is 6.42. The van der Waals surface area contributed by atoms with Crippen LogP contribution in [0.5, 0.6) is 0 Å². The molecule has 5 rings (SSSR count).